The van der Waals surface area contributed by atoms with Crippen LogP contribution in [0.4, 0.5) is 8.78 Å². The largest absolute Gasteiger partial charge is 0.491 e. The predicted octanol–water partition coefficient (Wildman–Crippen LogP) is 3.98. The lowest BCUT2D eigenvalue weighted by molar-refractivity contribution is -0.0962. The first-order chi connectivity index (χ1) is 12.6. The van der Waals surface area contributed by atoms with Gasteiger partial charge in [-0.25, -0.2) is 8.78 Å². The smallest absolute Gasteiger partial charge is 0.230 e. The average Bonchev–Trinajstić information content (AvgIpc) is 2.67. The van der Waals surface area contributed by atoms with E-state index in [0.717, 1.165) is 6.92 Å². The molecule has 4 nitrogen and oxygen atoms in total. The van der Waals surface area contributed by atoms with Gasteiger partial charge >= 0.3 is 0 Å². The second-order valence-electron chi connectivity index (χ2n) is 5.58. The van der Waals surface area contributed by atoms with Gasteiger partial charge in [0.2, 0.25) is 6.36 Å². The van der Waals surface area contributed by atoms with Crippen molar-refractivity contribution in [3.63, 3.8) is 0 Å². The third-order valence-corrected chi connectivity index (χ3v) is 3.51. The van der Waals surface area contributed by atoms with Gasteiger partial charge in [0.05, 0.1) is 19.8 Å². The Morgan fingerprint density at radius 2 is 1.50 bits per heavy atom. The summed E-state index contributed by atoms with van der Waals surface area (Å²) in [5.74, 6) is 0.568. The molecule has 0 aliphatic heterocycles. The van der Waals surface area contributed by atoms with Crippen LogP contribution < -0.4 is 4.74 Å². The molecule has 0 radical (unpaired) electrons. The molecule has 6 heteroatoms. The molecule has 0 unspecified atom stereocenters. The predicted molar refractivity (Wildman–Crippen MR) is 94.0 cm³/mol. The third-order valence-electron chi connectivity index (χ3n) is 3.51. The Bertz CT molecular complexity index is 659. The first-order valence-electron chi connectivity index (χ1n) is 8.38. The van der Waals surface area contributed by atoms with E-state index in [-0.39, 0.29) is 25.6 Å². The second kappa shape index (κ2) is 10.6. The summed E-state index contributed by atoms with van der Waals surface area (Å²) in [6.07, 6.45) is -3.58. The zero-order chi connectivity index (χ0) is 18.8. The SMILES string of the molecule is C[C@@H](F)[C@@H](F)OCCOCCOc1ccc(C(=O)c2ccccc2)cc1. The molecule has 26 heavy (non-hydrogen) atoms. The van der Waals surface area contributed by atoms with Crippen LogP contribution in [0.25, 0.3) is 0 Å². The van der Waals surface area contributed by atoms with Gasteiger partial charge in [-0.1, -0.05) is 30.3 Å². The molecule has 0 fully saturated rings. The minimum absolute atomic E-state index is 0.0221. The summed E-state index contributed by atoms with van der Waals surface area (Å²) in [6.45, 7) is 1.81. The molecule has 0 saturated carbocycles. The third kappa shape index (κ3) is 6.54. The lowest BCUT2D eigenvalue weighted by Gasteiger charge is -2.11. The van der Waals surface area contributed by atoms with Gasteiger partial charge in [-0.3, -0.25) is 4.79 Å². The molecule has 0 aliphatic rings. The highest BCUT2D eigenvalue weighted by atomic mass is 19.2. The van der Waals surface area contributed by atoms with Crippen LogP contribution in [-0.4, -0.2) is 44.7 Å². The molecule has 0 bridgehead atoms. The highest BCUT2D eigenvalue weighted by molar-refractivity contribution is 6.08. The maximum Gasteiger partial charge on any atom is 0.230 e. The molecular weight excluding hydrogens is 342 g/mol. The fourth-order valence-electron chi connectivity index (χ4n) is 2.13. The molecule has 0 amide bonds. The lowest BCUT2D eigenvalue weighted by Crippen LogP contribution is -2.20. The summed E-state index contributed by atoms with van der Waals surface area (Å²) in [7, 11) is 0. The standard InChI is InChI=1S/C20H22F2O4/c1-15(21)20(22)26-14-12-24-11-13-25-18-9-7-17(8-10-18)19(23)16-5-3-2-4-6-16/h2-10,15,20H,11-14H2,1H3/t15-,20+/m1/s1. The van der Waals surface area contributed by atoms with Crippen molar-refractivity contribution in [2.24, 2.45) is 0 Å². The van der Waals surface area contributed by atoms with Crippen molar-refractivity contribution < 1.29 is 27.8 Å². The molecule has 2 aromatic rings. The van der Waals surface area contributed by atoms with E-state index < -0.39 is 12.5 Å². The summed E-state index contributed by atoms with van der Waals surface area (Å²) >= 11 is 0. The Morgan fingerprint density at radius 1 is 0.885 bits per heavy atom. The number of ether oxygens (including phenoxy) is 3. The van der Waals surface area contributed by atoms with Crippen molar-refractivity contribution in [3.8, 4) is 5.75 Å². The molecule has 0 N–H and O–H groups in total. The summed E-state index contributed by atoms with van der Waals surface area (Å²) < 4.78 is 40.6. The number of hydrogen-bond acceptors (Lipinski definition) is 4. The van der Waals surface area contributed by atoms with E-state index in [1.165, 1.54) is 0 Å². The second-order valence-corrected chi connectivity index (χ2v) is 5.58. The quantitative estimate of drug-likeness (QED) is 0.447. The van der Waals surface area contributed by atoms with E-state index in [1.807, 2.05) is 18.2 Å². The number of hydrogen-bond donors (Lipinski definition) is 0. The molecule has 0 saturated heterocycles. The Labute approximate surface area is 151 Å². The van der Waals surface area contributed by atoms with E-state index >= 15 is 0 Å². The van der Waals surface area contributed by atoms with Crippen LogP contribution in [0.2, 0.25) is 0 Å². The molecule has 0 spiro atoms. The lowest BCUT2D eigenvalue weighted by atomic mass is 10.0. The Morgan fingerprint density at radius 3 is 2.15 bits per heavy atom. The molecule has 0 heterocycles. The van der Waals surface area contributed by atoms with Crippen molar-refractivity contribution in [3.05, 3.63) is 65.7 Å². The molecule has 2 aromatic carbocycles. The van der Waals surface area contributed by atoms with E-state index in [0.29, 0.717) is 23.5 Å². The van der Waals surface area contributed by atoms with Crippen LogP contribution >= 0.6 is 0 Å². The van der Waals surface area contributed by atoms with Crippen molar-refractivity contribution in [2.75, 3.05) is 26.4 Å². The van der Waals surface area contributed by atoms with Gasteiger partial charge in [-0.15, -0.1) is 0 Å². The highest BCUT2D eigenvalue weighted by Crippen LogP contribution is 2.15. The van der Waals surface area contributed by atoms with Gasteiger partial charge < -0.3 is 14.2 Å². The number of alkyl halides is 2. The fraction of sp³-hybridized carbons (Fsp3) is 0.350. The van der Waals surface area contributed by atoms with Crippen LogP contribution in [0.3, 0.4) is 0 Å². The van der Waals surface area contributed by atoms with Gasteiger partial charge in [-0.05, 0) is 31.2 Å². The van der Waals surface area contributed by atoms with Gasteiger partial charge in [0.1, 0.15) is 12.4 Å². The molecule has 0 aromatic heterocycles. The minimum Gasteiger partial charge on any atom is -0.491 e. The zero-order valence-electron chi connectivity index (χ0n) is 14.6. The number of rotatable bonds is 11. The van der Waals surface area contributed by atoms with Crippen molar-refractivity contribution in [1.82, 2.24) is 0 Å². The number of halogens is 2. The summed E-state index contributed by atoms with van der Waals surface area (Å²) in [5.41, 5.74) is 1.22. The Kier molecular flexibility index (Phi) is 8.18. The summed E-state index contributed by atoms with van der Waals surface area (Å²) in [4.78, 5) is 12.3. The molecule has 2 rings (SSSR count). The molecule has 2 atom stereocenters. The van der Waals surface area contributed by atoms with E-state index in [1.54, 1.807) is 36.4 Å². The number of carbonyl (C=O) groups excluding carboxylic acids is 1. The van der Waals surface area contributed by atoms with Crippen LogP contribution in [0.1, 0.15) is 22.8 Å². The van der Waals surface area contributed by atoms with Crippen LogP contribution in [0, 0.1) is 0 Å². The maximum absolute atomic E-state index is 12.8. The van der Waals surface area contributed by atoms with E-state index in [4.69, 9.17) is 9.47 Å². The van der Waals surface area contributed by atoms with Gasteiger partial charge in [0.25, 0.3) is 0 Å². The normalized spacial score (nSPS) is 13.2. The average molecular weight is 364 g/mol. The number of ketones is 1. The molecule has 140 valence electrons. The van der Waals surface area contributed by atoms with Gasteiger partial charge in [-0.2, -0.15) is 0 Å². The van der Waals surface area contributed by atoms with E-state index in [2.05, 4.69) is 4.74 Å². The topological polar surface area (TPSA) is 44.8 Å². The van der Waals surface area contributed by atoms with Crippen molar-refractivity contribution >= 4 is 5.78 Å². The van der Waals surface area contributed by atoms with Crippen molar-refractivity contribution in [2.45, 2.75) is 19.5 Å². The number of carbonyl (C=O) groups is 1. The van der Waals surface area contributed by atoms with Crippen molar-refractivity contribution in [1.29, 1.82) is 0 Å². The molecule has 0 aliphatic carbocycles. The summed E-state index contributed by atoms with van der Waals surface area (Å²) in [6, 6.07) is 15.9. The maximum atomic E-state index is 12.8. The zero-order valence-corrected chi connectivity index (χ0v) is 14.6. The van der Waals surface area contributed by atoms with Gasteiger partial charge in [0.15, 0.2) is 12.0 Å². The monoisotopic (exact) mass is 364 g/mol. The van der Waals surface area contributed by atoms with E-state index in [9.17, 15) is 13.6 Å². The van der Waals surface area contributed by atoms with Crippen LogP contribution in [0.5, 0.6) is 5.75 Å². The minimum atomic E-state index is -1.92. The first kappa shape index (κ1) is 20.0. The Balaban J connectivity index is 1.66. The highest BCUT2D eigenvalue weighted by Gasteiger charge is 2.14. The number of benzene rings is 2. The van der Waals surface area contributed by atoms with Gasteiger partial charge in [0, 0.05) is 11.1 Å². The van der Waals surface area contributed by atoms with Crippen LogP contribution in [-0.2, 0) is 9.47 Å². The first-order valence-corrected chi connectivity index (χ1v) is 8.38. The van der Waals surface area contributed by atoms with Crippen LogP contribution in [0.15, 0.2) is 54.6 Å². The summed E-state index contributed by atoms with van der Waals surface area (Å²) in [5, 5.41) is 0. The Hall–Kier alpha value is -2.31. The fourth-order valence-corrected chi connectivity index (χ4v) is 2.13. The molecular formula is C20H22F2O4.